The molecule has 26 heavy (non-hydrogen) atoms. The van der Waals surface area contributed by atoms with E-state index in [9.17, 15) is 4.39 Å². The lowest BCUT2D eigenvalue weighted by Crippen LogP contribution is -2.51. The first-order valence-electron chi connectivity index (χ1n) is 9.35. The largest absolute Gasteiger partial charge is 0.370 e. The lowest BCUT2D eigenvalue weighted by Gasteiger charge is -2.36. The number of rotatable bonds is 6. The van der Waals surface area contributed by atoms with Crippen molar-refractivity contribution >= 4 is 35.6 Å². The Hall–Kier alpha value is -1.09. The fourth-order valence-electron chi connectivity index (χ4n) is 3.49. The van der Waals surface area contributed by atoms with Crippen LogP contribution in [0.3, 0.4) is 0 Å². The molecule has 2 fully saturated rings. The van der Waals surface area contributed by atoms with Crippen molar-refractivity contribution in [2.24, 2.45) is 10.7 Å². The molecule has 0 radical (unpaired) electrons. The van der Waals surface area contributed by atoms with Gasteiger partial charge in [0.1, 0.15) is 5.82 Å². The molecule has 1 saturated heterocycles. The molecule has 2 N–H and O–H groups in total. The minimum absolute atomic E-state index is 0. The van der Waals surface area contributed by atoms with Gasteiger partial charge in [0.05, 0.1) is 6.54 Å². The second kappa shape index (κ2) is 9.73. The number of benzene rings is 1. The number of hydrogen-bond donors (Lipinski definition) is 1. The highest BCUT2D eigenvalue weighted by Gasteiger charge is 2.30. The predicted octanol–water partition coefficient (Wildman–Crippen LogP) is 2.75. The molecule has 0 aromatic heterocycles. The molecule has 1 saturated carbocycles. The van der Waals surface area contributed by atoms with Gasteiger partial charge in [0.15, 0.2) is 5.96 Å². The molecule has 5 nitrogen and oxygen atoms in total. The van der Waals surface area contributed by atoms with Gasteiger partial charge in [-0.25, -0.2) is 4.39 Å². The van der Waals surface area contributed by atoms with Crippen molar-refractivity contribution in [1.29, 1.82) is 0 Å². The molecule has 1 aromatic carbocycles. The number of aliphatic imine (C=N–C) groups is 1. The zero-order valence-electron chi connectivity index (χ0n) is 15.8. The smallest absolute Gasteiger partial charge is 0.191 e. The Labute approximate surface area is 173 Å². The minimum Gasteiger partial charge on any atom is -0.370 e. The molecular weight excluding hydrogens is 444 g/mol. The molecule has 0 atom stereocenters. The first kappa shape index (κ1) is 21.2. The van der Waals surface area contributed by atoms with Crippen molar-refractivity contribution in [3.63, 3.8) is 0 Å². The molecule has 2 aliphatic rings. The summed E-state index contributed by atoms with van der Waals surface area (Å²) >= 11 is 0. The van der Waals surface area contributed by atoms with Crippen molar-refractivity contribution in [3.8, 4) is 0 Å². The first-order chi connectivity index (χ1) is 12.0. The molecule has 1 heterocycles. The highest BCUT2D eigenvalue weighted by molar-refractivity contribution is 14.0. The maximum absolute atomic E-state index is 13.0. The van der Waals surface area contributed by atoms with Crippen LogP contribution in [-0.2, 0) is 0 Å². The summed E-state index contributed by atoms with van der Waals surface area (Å²) in [4.78, 5) is 11.5. The van der Waals surface area contributed by atoms with E-state index in [1.165, 1.54) is 25.0 Å². The molecular formula is C19H31FIN5. The monoisotopic (exact) mass is 475 g/mol. The Morgan fingerprint density at radius 2 is 1.81 bits per heavy atom. The third-order valence-corrected chi connectivity index (χ3v) is 5.11. The maximum Gasteiger partial charge on any atom is 0.191 e. The van der Waals surface area contributed by atoms with Crippen molar-refractivity contribution in [2.45, 2.75) is 38.8 Å². The summed E-state index contributed by atoms with van der Waals surface area (Å²) in [5.74, 6) is 0.457. The van der Waals surface area contributed by atoms with Crippen LogP contribution in [0.4, 0.5) is 10.1 Å². The molecule has 1 aliphatic heterocycles. The second-order valence-electron chi connectivity index (χ2n) is 7.25. The molecule has 0 amide bonds. The van der Waals surface area contributed by atoms with Crippen LogP contribution in [0.5, 0.6) is 0 Å². The van der Waals surface area contributed by atoms with E-state index in [-0.39, 0.29) is 29.8 Å². The number of hydrogen-bond acceptors (Lipinski definition) is 3. The molecule has 0 spiro atoms. The highest BCUT2D eigenvalue weighted by atomic mass is 127. The summed E-state index contributed by atoms with van der Waals surface area (Å²) in [6.07, 6.45) is 2.64. The molecule has 0 bridgehead atoms. The van der Waals surface area contributed by atoms with E-state index in [0.29, 0.717) is 12.0 Å². The van der Waals surface area contributed by atoms with Crippen LogP contribution in [-0.4, -0.2) is 67.1 Å². The van der Waals surface area contributed by atoms with Gasteiger partial charge in [0.2, 0.25) is 0 Å². The molecule has 3 rings (SSSR count). The van der Waals surface area contributed by atoms with E-state index < -0.39 is 0 Å². The summed E-state index contributed by atoms with van der Waals surface area (Å²) in [7, 11) is 0. The molecule has 1 aliphatic carbocycles. The fraction of sp³-hybridized carbons (Fsp3) is 0.632. The van der Waals surface area contributed by atoms with E-state index in [2.05, 4.69) is 33.5 Å². The second-order valence-corrected chi connectivity index (χ2v) is 7.25. The van der Waals surface area contributed by atoms with Gasteiger partial charge in [-0.15, -0.1) is 24.0 Å². The molecule has 146 valence electrons. The third-order valence-electron chi connectivity index (χ3n) is 5.11. The zero-order chi connectivity index (χ0) is 17.8. The Morgan fingerprint density at radius 3 is 2.35 bits per heavy atom. The van der Waals surface area contributed by atoms with Gasteiger partial charge in [-0.2, -0.15) is 0 Å². The van der Waals surface area contributed by atoms with E-state index in [4.69, 9.17) is 5.73 Å². The lowest BCUT2D eigenvalue weighted by atomic mass is 10.2. The summed E-state index contributed by atoms with van der Waals surface area (Å²) in [6.45, 7) is 9.70. The Kier molecular flexibility index (Phi) is 7.94. The number of nitrogens with two attached hydrogens (primary N) is 1. The van der Waals surface area contributed by atoms with Gasteiger partial charge in [-0.3, -0.25) is 9.89 Å². The average Bonchev–Trinajstić information content (AvgIpc) is 3.44. The Balaban J connectivity index is 0.00000243. The zero-order valence-corrected chi connectivity index (χ0v) is 18.1. The molecule has 7 heteroatoms. The average molecular weight is 475 g/mol. The van der Waals surface area contributed by atoms with Crippen LogP contribution in [0.2, 0.25) is 0 Å². The van der Waals surface area contributed by atoms with E-state index in [0.717, 1.165) is 51.0 Å². The van der Waals surface area contributed by atoms with Crippen LogP contribution in [0.1, 0.15) is 26.7 Å². The first-order valence-corrected chi connectivity index (χ1v) is 9.35. The maximum atomic E-state index is 13.0. The van der Waals surface area contributed by atoms with Crippen LogP contribution in [0, 0.1) is 5.82 Å². The van der Waals surface area contributed by atoms with Gasteiger partial charge in [0.25, 0.3) is 0 Å². The van der Waals surface area contributed by atoms with Gasteiger partial charge in [-0.1, -0.05) is 0 Å². The van der Waals surface area contributed by atoms with Crippen molar-refractivity contribution in [1.82, 2.24) is 9.80 Å². The van der Waals surface area contributed by atoms with Crippen LogP contribution in [0.15, 0.2) is 29.3 Å². The molecule has 1 aromatic rings. The van der Waals surface area contributed by atoms with Crippen LogP contribution < -0.4 is 10.6 Å². The number of anilines is 1. The highest BCUT2D eigenvalue weighted by Crippen LogP contribution is 2.28. The normalized spacial score (nSPS) is 18.4. The summed E-state index contributed by atoms with van der Waals surface area (Å²) in [5, 5.41) is 0. The third kappa shape index (κ3) is 5.70. The predicted molar refractivity (Wildman–Crippen MR) is 117 cm³/mol. The quantitative estimate of drug-likeness (QED) is 0.391. The topological polar surface area (TPSA) is 48.1 Å². The number of nitrogens with zero attached hydrogens (tertiary/aromatic N) is 4. The number of piperazine rings is 1. The molecule has 0 unspecified atom stereocenters. The van der Waals surface area contributed by atoms with Crippen LogP contribution >= 0.6 is 24.0 Å². The van der Waals surface area contributed by atoms with Crippen molar-refractivity contribution in [2.75, 3.05) is 44.2 Å². The van der Waals surface area contributed by atoms with E-state index in [1.54, 1.807) is 0 Å². The summed E-state index contributed by atoms with van der Waals surface area (Å²) < 4.78 is 13.0. The van der Waals surface area contributed by atoms with Gasteiger partial charge in [0, 0.05) is 50.5 Å². The number of guanidine groups is 1. The lowest BCUT2D eigenvalue weighted by molar-refractivity contribution is 0.217. The Morgan fingerprint density at radius 1 is 1.19 bits per heavy atom. The van der Waals surface area contributed by atoms with Crippen molar-refractivity contribution < 1.29 is 4.39 Å². The van der Waals surface area contributed by atoms with Gasteiger partial charge >= 0.3 is 0 Å². The summed E-state index contributed by atoms with van der Waals surface area (Å²) in [6, 6.07) is 8.02. The van der Waals surface area contributed by atoms with Crippen LogP contribution in [0.25, 0.3) is 0 Å². The van der Waals surface area contributed by atoms with Crippen molar-refractivity contribution in [3.05, 3.63) is 30.1 Å². The van der Waals surface area contributed by atoms with E-state index in [1.807, 2.05) is 12.1 Å². The number of halogens is 2. The Bertz CT molecular complexity index is 578. The van der Waals surface area contributed by atoms with E-state index >= 15 is 0 Å². The minimum atomic E-state index is -0.194. The standard InChI is InChI=1S/C19H30FN5.HI/c1-15(2)25(18-7-8-18)10-9-22-19(21)24-13-11-23(12-14-24)17-5-3-16(20)4-6-17;/h3-6,15,18H,7-14H2,1-2H3,(H2,21,22);1H. The summed E-state index contributed by atoms with van der Waals surface area (Å²) in [5.41, 5.74) is 7.26. The van der Waals surface area contributed by atoms with Gasteiger partial charge in [-0.05, 0) is 51.0 Å². The fourth-order valence-corrected chi connectivity index (χ4v) is 3.49. The van der Waals surface area contributed by atoms with Gasteiger partial charge < -0.3 is 15.5 Å². The SMILES string of the molecule is CC(C)N(CCN=C(N)N1CCN(c2ccc(F)cc2)CC1)C1CC1.I.